The fraction of sp³-hybridized carbons (Fsp3) is 1.00. The van der Waals surface area contributed by atoms with E-state index in [9.17, 15) is 0 Å². The molecule has 16 heavy (non-hydrogen) atoms. The Morgan fingerprint density at radius 3 is 2.69 bits per heavy atom. The number of hydrogen-bond acceptors (Lipinski definition) is 3. The number of hydrogen-bond donors (Lipinski definition) is 2. The topological polar surface area (TPSA) is 35.5 Å². The summed E-state index contributed by atoms with van der Waals surface area (Å²) in [7, 11) is 2.20. The summed E-state index contributed by atoms with van der Waals surface area (Å²) < 4.78 is 0. The van der Waals surface area contributed by atoms with Gasteiger partial charge >= 0.3 is 0 Å². The Kier molecular flexibility index (Phi) is 6.32. The first-order valence-corrected chi connectivity index (χ1v) is 6.69. The van der Waals surface area contributed by atoms with Gasteiger partial charge in [-0.1, -0.05) is 13.8 Å². The molecule has 0 aromatic heterocycles. The second kappa shape index (κ2) is 7.25. The minimum atomic E-state index is 0.294. The van der Waals surface area contributed by atoms with Crippen LogP contribution in [-0.4, -0.2) is 48.8 Å². The molecule has 2 unspecified atom stereocenters. The summed E-state index contributed by atoms with van der Waals surface area (Å²) in [4.78, 5) is 2.41. The normalized spacial score (nSPS) is 25.7. The molecule has 1 aliphatic heterocycles. The second-order valence-electron chi connectivity index (χ2n) is 5.46. The minimum absolute atomic E-state index is 0.294. The van der Waals surface area contributed by atoms with Crippen LogP contribution in [0.25, 0.3) is 0 Å². The summed E-state index contributed by atoms with van der Waals surface area (Å²) >= 11 is 0. The minimum Gasteiger partial charge on any atom is -0.396 e. The third kappa shape index (κ3) is 4.81. The zero-order valence-electron chi connectivity index (χ0n) is 11.1. The lowest BCUT2D eigenvalue weighted by Crippen LogP contribution is -2.42. The summed E-state index contributed by atoms with van der Waals surface area (Å²) in [5.74, 6) is 0.605. The Labute approximate surface area is 100 Å². The lowest BCUT2D eigenvalue weighted by molar-refractivity contribution is 0.230. The number of aliphatic hydroxyl groups is 1. The highest BCUT2D eigenvalue weighted by molar-refractivity contribution is 4.79. The Balaban J connectivity index is 2.37. The van der Waals surface area contributed by atoms with Crippen molar-refractivity contribution in [2.45, 2.75) is 51.6 Å². The summed E-state index contributed by atoms with van der Waals surface area (Å²) in [6, 6.07) is 1.11. The van der Waals surface area contributed by atoms with Crippen molar-refractivity contribution in [3.8, 4) is 0 Å². The third-order valence-electron chi connectivity index (χ3n) is 3.65. The monoisotopic (exact) mass is 228 g/mol. The average molecular weight is 228 g/mol. The standard InChI is InChI=1S/C13H28N2O/c1-11(2)13(7-10-16)14-12-5-4-8-15(3)9-6-12/h11-14,16H,4-10H2,1-3H3. The molecule has 0 aliphatic carbocycles. The highest BCUT2D eigenvalue weighted by atomic mass is 16.3. The van der Waals surface area contributed by atoms with E-state index in [2.05, 4.69) is 31.1 Å². The van der Waals surface area contributed by atoms with E-state index in [1.807, 2.05) is 0 Å². The molecule has 1 rings (SSSR count). The maximum Gasteiger partial charge on any atom is 0.0445 e. The van der Waals surface area contributed by atoms with Crippen molar-refractivity contribution in [3.63, 3.8) is 0 Å². The van der Waals surface area contributed by atoms with Gasteiger partial charge in [0.25, 0.3) is 0 Å². The van der Waals surface area contributed by atoms with E-state index >= 15 is 0 Å². The van der Waals surface area contributed by atoms with Crippen molar-refractivity contribution in [3.05, 3.63) is 0 Å². The molecule has 3 heteroatoms. The molecule has 2 N–H and O–H groups in total. The molecule has 3 nitrogen and oxygen atoms in total. The number of rotatable bonds is 5. The molecule has 1 heterocycles. The Morgan fingerprint density at radius 1 is 1.31 bits per heavy atom. The molecule has 96 valence electrons. The maximum absolute atomic E-state index is 9.06. The maximum atomic E-state index is 9.06. The Hall–Kier alpha value is -0.120. The van der Waals surface area contributed by atoms with Crippen LogP contribution in [0.15, 0.2) is 0 Å². The van der Waals surface area contributed by atoms with E-state index in [4.69, 9.17) is 5.11 Å². The van der Waals surface area contributed by atoms with Crippen LogP contribution in [0.3, 0.4) is 0 Å². The molecule has 0 amide bonds. The van der Waals surface area contributed by atoms with Gasteiger partial charge in [-0.3, -0.25) is 0 Å². The summed E-state index contributed by atoms with van der Waals surface area (Å²) in [5.41, 5.74) is 0. The summed E-state index contributed by atoms with van der Waals surface area (Å²) in [6.07, 6.45) is 4.69. The van der Waals surface area contributed by atoms with E-state index in [-0.39, 0.29) is 0 Å². The van der Waals surface area contributed by atoms with Crippen molar-refractivity contribution < 1.29 is 5.11 Å². The number of aliphatic hydroxyl groups excluding tert-OH is 1. The Morgan fingerprint density at radius 2 is 2.06 bits per heavy atom. The van der Waals surface area contributed by atoms with Gasteiger partial charge in [0, 0.05) is 18.7 Å². The predicted octanol–water partition coefficient (Wildman–Crippen LogP) is 1.47. The molecule has 0 aromatic rings. The van der Waals surface area contributed by atoms with E-state index in [1.54, 1.807) is 0 Å². The van der Waals surface area contributed by atoms with Crippen LogP contribution in [0.1, 0.15) is 39.5 Å². The number of nitrogens with one attached hydrogen (secondary N) is 1. The van der Waals surface area contributed by atoms with Gasteiger partial charge in [-0.05, 0) is 51.7 Å². The highest BCUT2D eigenvalue weighted by Gasteiger charge is 2.20. The molecule has 0 spiro atoms. The molecule has 0 bridgehead atoms. The molecular weight excluding hydrogens is 200 g/mol. The molecule has 0 saturated carbocycles. The van der Waals surface area contributed by atoms with Crippen LogP contribution in [-0.2, 0) is 0 Å². The van der Waals surface area contributed by atoms with Crippen molar-refractivity contribution in [1.29, 1.82) is 0 Å². The van der Waals surface area contributed by atoms with Crippen LogP contribution in [0.4, 0.5) is 0 Å². The van der Waals surface area contributed by atoms with Gasteiger partial charge in [-0.2, -0.15) is 0 Å². The molecule has 0 radical (unpaired) electrons. The second-order valence-corrected chi connectivity index (χ2v) is 5.46. The van der Waals surface area contributed by atoms with E-state index in [0.29, 0.717) is 24.6 Å². The van der Waals surface area contributed by atoms with Crippen molar-refractivity contribution in [1.82, 2.24) is 10.2 Å². The fourth-order valence-corrected chi connectivity index (χ4v) is 2.46. The van der Waals surface area contributed by atoms with E-state index in [0.717, 1.165) is 6.42 Å². The molecule has 0 aromatic carbocycles. The quantitative estimate of drug-likeness (QED) is 0.748. The Bertz CT molecular complexity index is 185. The number of nitrogens with zero attached hydrogens (tertiary/aromatic N) is 1. The van der Waals surface area contributed by atoms with E-state index < -0.39 is 0 Å². The lowest BCUT2D eigenvalue weighted by atomic mass is 9.98. The third-order valence-corrected chi connectivity index (χ3v) is 3.65. The smallest absolute Gasteiger partial charge is 0.0445 e. The molecule has 2 atom stereocenters. The zero-order valence-corrected chi connectivity index (χ0v) is 11.1. The number of likely N-dealkylation sites (tertiary alicyclic amines) is 1. The van der Waals surface area contributed by atoms with E-state index in [1.165, 1.54) is 32.4 Å². The van der Waals surface area contributed by atoms with Crippen molar-refractivity contribution in [2.75, 3.05) is 26.7 Å². The van der Waals surface area contributed by atoms with Gasteiger partial charge in [-0.25, -0.2) is 0 Å². The molecule has 1 aliphatic rings. The predicted molar refractivity (Wildman–Crippen MR) is 68.6 cm³/mol. The first-order chi connectivity index (χ1) is 7.63. The first-order valence-electron chi connectivity index (χ1n) is 6.69. The SMILES string of the molecule is CC(C)C(CCO)NC1CCCN(C)CC1. The van der Waals surface area contributed by atoms with Gasteiger partial charge in [-0.15, -0.1) is 0 Å². The molecule has 1 saturated heterocycles. The summed E-state index contributed by atoms with van der Waals surface area (Å²) in [6.45, 7) is 7.18. The van der Waals surface area contributed by atoms with Gasteiger partial charge in [0.05, 0.1) is 0 Å². The van der Waals surface area contributed by atoms with Crippen LogP contribution < -0.4 is 5.32 Å². The highest BCUT2D eigenvalue weighted by Crippen LogP contribution is 2.14. The largest absolute Gasteiger partial charge is 0.396 e. The zero-order chi connectivity index (χ0) is 12.0. The molecular formula is C13H28N2O. The first kappa shape index (κ1) is 13.9. The van der Waals surface area contributed by atoms with Crippen LogP contribution in [0.2, 0.25) is 0 Å². The van der Waals surface area contributed by atoms with Crippen molar-refractivity contribution in [2.24, 2.45) is 5.92 Å². The molecule has 1 fully saturated rings. The van der Waals surface area contributed by atoms with Gasteiger partial charge in [0.15, 0.2) is 0 Å². The van der Waals surface area contributed by atoms with Gasteiger partial charge in [0.2, 0.25) is 0 Å². The fourth-order valence-electron chi connectivity index (χ4n) is 2.46. The summed E-state index contributed by atoms with van der Waals surface area (Å²) in [5, 5.41) is 12.8. The van der Waals surface area contributed by atoms with Gasteiger partial charge < -0.3 is 15.3 Å². The van der Waals surface area contributed by atoms with Crippen molar-refractivity contribution >= 4 is 0 Å². The van der Waals surface area contributed by atoms with Crippen LogP contribution in [0.5, 0.6) is 0 Å². The van der Waals surface area contributed by atoms with Crippen LogP contribution >= 0.6 is 0 Å². The van der Waals surface area contributed by atoms with Gasteiger partial charge in [0.1, 0.15) is 0 Å². The van der Waals surface area contributed by atoms with Crippen LogP contribution in [0, 0.1) is 5.92 Å². The average Bonchev–Trinajstić information content (AvgIpc) is 2.43. The lowest BCUT2D eigenvalue weighted by Gasteiger charge is -2.27.